The van der Waals surface area contributed by atoms with E-state index < -0.39 is 6.10 Å². The van der Waals surface area contributed by atoms with Gasteiger partial charge in [0.1, 0.15) is 12.7 Å². The van der Waals surface area contributed by atoms with Crippen LogP contribution in [-0.4, -0.2) is 43.4 Å². The molecule has 0 amide bonds. The Morgan fingerprint density at radius 1 is 1.14 bits per heavy atom. The van der Waals surface area contributed by atoms with E-state index in [0.717, 1.165) is 6.42 Å². The number of Topliss-reactive ketones (excluding diaryl/α,β-unsaturated/α-hetero) is 1. The van der Waals surface area contributed by atoms with Crippen LogP contribution in [0.2, 0.25) is 0 Å². The molecule has 0 aromatic heterocycles. The smallest absolute Gasteiger partial charge is 0.188 e. The highest BCUT2D eigenvalue weighted by atomic mass is 16.5. The normalized spacial score (nSPS) is 13.1. The Balaban J connectivity index is 2.36. The molecule has 1 atom stereocenters. The third kappa shape index (κ3) is 6.69. The van der Waals surface area contributed by atoms with Crippen molar-refractivity contribution in [1.82, 2.24) is 0 Å². The van der Waals surface area contributed by atoms with Gasteiger partial charge in [-0.1, -0.05) is 52.0 Å². The topological polar surface area (TPSA) is 55.8 Å². The fourth-order valence-corrected chi connectivity index (χ4v) is 1.94. The summed E-state index contributed by atoms with van der Waals surface area (Å²) in [7, 11) is 0. The van der Waals surface area contributed by atoms with Crippen molar-refractivity contribution in [3.05, 3.63) is 35.4 Å². The molecule has 1 aromatic carbocycles. The van der Waals surface area contributed by atoms with Crippen molar-refractivity contribution in [2.45, 2.75) is 45.6 Å². The highest BCUT2D eigenvalue weighted by Crippen LogP contribution is 2.22. The minimum Gasteiger partial charge on any atom is -0.388 e. The van der Waals surface area contributed by atoms with Gasteiger partial charge in [-0.25, -0.2) is 0 Å². The first kappa shape index (κ1) is 18.8. The maximum absolute atomic E-state index is 12.0. The van der Waals surface area contributed by atoms with Crippen molar-refractivity contribution in [2.75, 3.05) is 26.4 Å². The Kier molecular flexibility index (Phi) is 7.73. The summed E-state index contributed by atoms with van der Waals surface area (Å²) in [6.45, 7) is 9.35. The molecule has 1 N–H and O–H groups in total. The predicted octanol–water partition coefficient (Wildman–Crippen LogP) is 2.97. The van der Waals surface area contributed by atoms with Gasteiger partial charge in [-0.2, -0.15) is 0 Å². The lowest BCUT2D eigenvalue weighted by Gasteiger charge is -2.19. The Morgan fingerprint density at radius 2 is 1.73 bits per heavy atom. The summed E-state index contributed by atoms with van der Waals surface area (Å²) in [4.78, 5) is 12.0. The summed E-state index contributed by atoms with van der Waals surface area (Å²) in [5, 5.41) is 9.62. The molecule has 1 aromatic rings. The van der Waals surface area contributed by atoms with Crippen molar-refractivity contribution < 1.29 is 19.4 Å². The van der Waals surface area contributed by atoms with E-state index in [4.69, 9.17) is 9.47 Å². The SMILES string of the molecule is CCCOCC(O)COCC(=O)c1ccc(C(C)(C)C)cc1. The van der Waals surface area contributed by atoms with E-state index >= 15 is 0 Å². The molecule has 1 rings (SSSR count). The average molecular weight is 308 g/mol. The molecule has 0 heterocycles. The van der Waals surface area contributed by atoms with Crippen molar-refractivity contribution in [2.24, 2.45) is 0 Å². The van der Waals surface area contributed by atoms with Gasteiger partial charge >= 0.3 is 0 Å². The number of hydrogen-bond donors (Lipinski definition) is 1. The number of benzene rings is 1. The first-order valence-corrected chi connectivity index (χ1v) is 7.82. The standard InChI is InChI=1S/C18H28O4/c1-5-10-21-11-16(19)12-22-13-17(20)14-6-8-15(9-7-14)18(2,3)4/h6-9,16,19H,5,10-13H2,1-4H3. The van der Waals surface area contributed by atoms with Gasteiger partial charge in [0.25, 0.3) is 0 Å². The molecule has 0 spiro atoms. The Labute approximate surface area is 133 Å². The van der Waals surface area contributed by atoms with Crippen LogP contribution in [0.3, 0.4) is 0 Å². The van der Waals surface area contributed by atoms with E-state index in [-0.39, 0.29) is 31.0 Å². The van der Waals surface area contributed by atoms with Gasteiger partial charge in [0.2, 0.25) is 0 Å². The number of carbonyl (C=O) groups is 1. The molecule has 124 valence electrons. The van der Waals surface area contributed by atoms with Crippen LogP contribution in [0.4, 0.5) is 0 Å². The third-order valence-corrected chi connectivity index (χ3v) is 3.27. The van der Waals surface area contributed by atoms with Gasteiger partial charge in [0, 0.05) is 12.2 Å². The molecular formula is C18H28O4. The van der Waals surface area contributed by atoms with Gasteiger partial charge < -0.3 is 14.6 Å². The summed E-state index contributed by atoms with van der Waals surface area (Å²) < 4.78 is 10.5. The minimum absolute atomic E-state index is 0.0281. The van der Waals surface area contributed by atoms with E-state index in [1.54, 1.807) is 0 Å². The Morgan fingerprint density at radius 3 is 2.27 bits per heavy atom. The number of hydrogen-bond acceptors (Lipinski definition) is 4. The summed E-state index contributed by atoms with van der Waals surface area (Å²) in [6, 6.07) is 7.60. The zero-order chi connectivity index (χ0) is 16.6. The minimum atomic E-state index is -0.692. The number of rotatable bonds is 9. The molecule has 0 radical (unpaired) electrons. The Bertz CT molecular complexity index is 445. The second-order valence-corrected chi connectivity index (χ2v) is 6.49. The average Bonchev–Trinajstić information content (AvgIpc) is 2.46. The van der Waals surface area contributed by atoms with Crippen molar-refractivity contribution >= 4 is 5.78 Å². The number of ether oxygens (including phenoxy) is 2. The monoisotopic (exact) mass is 308 g/mol. The first-order chi connectivity index (χ1) is 10.3. The van der Waals surface area contributed by atoms with Gasteiger partial charge in [-0.05, 0) is 17.4 Å². The van der Waals surface area contributed by atoms with Crippen LogP contribution in [0.5, 0.6) is 0 Å². The highest BCUT2D eigenvalue weighted by Gasteiger charge is 2.14. The first-order valence-electron chi connectivity index (χ1n) is 7.82. The van der Waals surface area contributed by atoms with Crippen LogP contribution in [0.1, 0.15) is 50.0 Å². The molecule has 0 aliphatic heterocycles. The van der Waals surface area contributed by atoms with Crippen LogP contribution < -0.4 is 0 Å². The fraction of sp³-hybridized carbons (Fsp3) is 0.611. The molecule has 0 fully saturated rings. The van der Waals surface area contributed by atoms with Crippen LogP contribution in [-0.2, 0) is 14.9 Å². The second kappa shape index (κ2) is 9.03. The fourth-order valence-electron chi connectivity index (χ4n) is 1.94. The molecule has 0 aliphatic carbocycles. The summed E-state index contributed by atoms with van der Waals surface area (Å²) in [5.74, 6) is -0.0814. The third-order valence-electron chi connectivity index (χ3n) is 3.27. The van der Waals surface area contributed by atoms with Crippen LogP contribution in [0, 0.1) is 0 Å². The van der Waals surface area contributed by atoms with Crippen molar-refractivity contribution in [1.29, 1.82) is 0 Å². The van der Waals surface area contributed by atoms with E-state index in [0.29, 0.717) is 12.2 Å². The van der Waals surface area contributed by atoms with E-state index in [9.17, 15) is 9.90 Å². The maximum Gasteiger partial charge on any atom is 0.188 e. The van der Waals surface area contributed by atoms with Gasteiger partial charge in [-0.3, -0.25) is 4.79 Å². The van der Waals surface area contributed by atoms with Crippen molar-refractivity contribution in [3.8, 4) is 0 Å². The molecule has 0 aliphatic rings. The Hall–Kier alpha value is -1.23. The second-order valence-electron chi connectivity index (χ2n) is 6.49. The molecular weight excluding hydrogens is 280 g/mol. The van der Waals surface area contributed by atoms with E-state index in [1.165, 1.54) is 5.56 Å². The van der Waals surface area contributed by atoms with Crippen LogP contribution >= 0.6 is 0 Å². The lowest BCUT2D eigenvalue weighted by atomic mass is 9.86. The quantitative estimate of drug-likeness (QED) is 0.563. The van der Waals surface area contributed by atoms with E-state index in [2.05, 4.69) is 20.8 Å². The molecule has 4 heteroatoms. The lowest BCUT2D eigenvalue weighted by Crippen LogP contribution is -2.24. The highest BCUT2D eigenvalue weighted by molar-refractivity contribution is 5.97. The van der Waals surface area contributed by atoms with E-state index in [1.807, 2.05) is 31.2 Å². The number of ketones is 1. The maximum atomic E-state index is 12.0. The van der Waals surface area contributed by atoms with Crippen molar-refractivity contribution in [3.63, 3.8) is 0 Å². The molecule has 4 nitrogen and oxygen atoms in total. The molecule has 0 saturated heterocycles. The molecule has 22 heavy (non-hydrogen) atoms. The molecule has 0 saturated carbocycles. The lowest BCUT2D eigenvalue weighted by molar-refractivity contribution is -0.0154. The molecule has 0 bridgehead atoms. The zero-order valence-electron chi connectivity index (χ0n) is 14.1. The van der Waals surface area contributed by atoms with Gasteiger partial charge in [0.15, 0.2) is 5.78 Å². The number of carbonyl (C=O) groups excluding carboxylic acids is 1. The van der Waals surface area contributed by atoms with Crippen LogP contribution in [0.25, 0.3) is 0 Å². The summed E-state index contributed by atoms with van der Waals surface area (Å²) in [6.07, 6.45) is 0.221. The van der Waals surface area contributed by atoms with Crippen LogP contribution in [0.15, 0.2) is 24.3 Å². The summed E-state index contributed by atoms with van der Waals surface area (Å²) in [5.41, 5.74) is 1.89. The number of aliphatic hydroxyl groups is 1. The summed E-state index contributed by atoms with van der Waals surface area (Å²) >= 11 is 0. The number of aliphatic hydroxyl groups excluding tert-OH is 1. The zero-order valence-corrected chi connectivity index (χ0v) is 14.1. The van der Waals surface area contributed by atoms with Gasteiger partial charge in [0.05, 0.1) is 13.2 Å². The molecule has 1 unspecified atom stereocenters. The largest absolute Gasteiger partial charge is 0.388 e. The van der Waals surface area contributed by atoms with Gasteiger partial charge in [-0.15, -0.1) is 0 Å². The predicted molar refractivity (Wildman–Crippen MR) is 87.4 cm³/mol.